The monoisotopic (exact) mass is 293 g/mol. The molecule has 0 bridgehead atoms. The molecule has 0 heterocycles. The molecule has 0 atom stereocenters. The van der Waals surface area contributed by atoms with Gasteiger partial charge >= 0.3 is 0 Å². The molecule has 0 aliphatic rings. The zero-order valence-electron chi connectivity index (χ0n) is 8.91. The second-order valence-corrected chi connectivity index (χ2v) is 5.64. The molecule has 0 aliphatic carbocycles. The fraction of sp³-hybridized carbons (Fsp3) is 0.0769. The smallest absolute Gasteiger partial charge is 0.0344 e. The van der Waals surface area contributed by atoms with Gasteiger partial charge in [0.2, 0.25) is 0 Å². The van der Waals surface area contributed by atoms with Crippen LogP contribution in [0.5, 0.6) is 0 Å². The number of nitrogen functional groups attached to an aromatic ring is 1. The standard InChI is InChI=1S/C13H12BrNS/c1-9-8-12(6-7-13(9)15)16-11-4-2-10(14)3-5-11/h2-8H,15H2,1H3. The highest BCUT2D eigenvalue weighted by Crippen LogP contribution is 2.30. The topological polar surface area (TPSA) is 26.0 Å². The number of nitrogens with two attached hydrogens (primary N) is 1. The van der Waals surface area contributed by atoms with Gasteiger partial charge in [-0.05, 0) is 55.0 Å². The third-order valence-electron chi connectivity index (χ3n) is 2.29. The van der Waals surface area contributed by atoms with Gasteiger partial charge in [-0.2, -0.15) is 0 Å². The average Bonchev–Trinajstić information content (AvgIpc) is 2.27. The quantitative estimate of drug-likeness (QED) is 0.826. The third kappa shape index (κ3) is 2.80. The van der Waals surface area contributed by atoms with Crippen molar-refractivity contribution in [3.8, 4) is 0 Å². The van der Waals surface area contributed by atoms with Crippen molar-refractivity contribution in [3.05, 3.63) is 52.5 Å². The van der Waals surface area contributed by atoms with Gasteiger partial charge in [0.1, 0.15) is 0 Å². The van der Waals surface area contributed by atoms with E-state index in [1.807, 2.05) is 25.1 Å². The first-order chi connectivity index (χ1) is 7.65. The molecular formula is C13H12BrNS. The highest BCUT2D eigenvalue weighted by atomic mass is 79.9. The van der Waals surface area contributed by atoms with Gasteiger partial charge in [0.05, 0.1) is 0 Å². The molecule has 2 rings (SSSR count). The maximum absolute atomic E-state index is 5.79. The SMILES string of the molecule is Cc1cc(Sc2ccc(Br)cc2)ccc1N. The zero-order valence-corrected chi connectivity index (χ0v) is 11.3. The number of hydrogen-bond donors (Lipinski definition) is 1. The van der Waals surface area contributed by atoms with Crippen LogP contribution in [-0.4, -0.2) is 0 Å². The summed E-state index contributed by atoms with van der Waals surface area (Å²) in [6.07, 6.45) is 0. The molecule has 0 spiro atoms. The van der Waals surface area contributed by atoms with Crippen molar-refractivity contribution in [2.45, 2.75) is 16.7 Å². The van der Waals surface area contributed by atoms with Gasteiger partial charge in [-0.1, -0.05) is 27.7 Å². The van der Waals surface area contributed by atoms with E-state index in [0.717, 1.165) is 15.7 Å². The maximum atomic E-state index is 5.79. The predicted octanol–water partition coefficient (Wildman–Crippen LogP) is 4.49. The van der Waals surface area contributed by atoms with Gasteiger partial charge < -0.3 is 5.73 Å². The van der Waals surface area contributed by atoms with E-state index < -0.39 is 0 Å². The molecule has 0 radical (unpaired) electrons. The molecule has 0 amide bonds. The van der Waals surface area contributed by atoms with Gasteiger partial charge in [-0.25, -0.2) is 0 Å². The van der Waals surface area contributed by atoms with E-state index >= 15 is 0 Å². The number of aryl methyl sites for hydroxylation is 1. The molecule has 0 aromatic heterocycles. The van der Waals surface area contributed by atoms with Gasteiger partial charge in [0.25, 0.3) is 0 Å². The first kappa shape index (κ1) is 11.6. The van der Waals surface area contributed by atoms with Crippen molar-refractivity contribution >= 4 is 33.4 Å². The first-order valence-electron chi connectivity index (χ1n) is 4.95. The Bertz CT molecular complexity index is 494. The fourth-order valence-electron chi connectivity index (χ4n) is 1.35. The van der Waals surface area contributed by atoms with E-state index in [0.29, 0.717) is 0 Å². The number of anilines is 1. The lowest BCUT2D eigenvalue weighted by Gasteiger charge is -2.05. The highest BCUT2D eigenvalue weighted by Gasteiger charge is 1.99. The Morgan fingerprint density at radius 1 is 1.00 bits per heavy atom. The Balaban J connectivity index is 2.20. The zero-order chi connectivity index (χ0) is 11.5. The van der Waals surface area contributed by atoms with Crippen molar-refractivity contribution in [3.63, 3.8) is 0 Å². The highest BCUT2D eigenvalue weighted by molar-refractivity contribution is 9.10. The van der Waals surface area contributed by atoms with Gasteiger partial charge in [-0.3, -0.25) is 0 Å². The Morgan fingerprint density at radius 3 is 2.25 bits per heavy atom. The van der Waals surface area contributed by atoms with Crippen LogP contribution in [0.4, 0.5) is 5.69 Å². The Morgan fingerprint density at radius 2 is 1.62 bits per heavy atom. The second-order valence-electron chi connectivity index (χ2n) is 3.57. The molecule has 3 heteroatoms. The number of hydrogen-bond acceptors (Lipinski definition) is 2. The summed E-state index contributed by atoms with van der Waals surface area (Å²) in [7, 11) is 0. The molecule has 0 saturated heterocycles. The van der Waals surface area contributed by atoms with Crippen LogP contribution in [0.2, 0.25) is 0 Å². The van der Waals surface area contributed by atoms with Crippen LogP contribution in [-0.2, 0) is 0 Å². The van der Waals surface area contributed by atoms with E-state index in [2.05, 4.69) is 40.2 Å². The molecule has 0 unspecified atom stereocenters. The second kappa shape index (κ2) is 4.93. The van der Waals surface area contributed by atoms with Crippen LogP contribution in [0.1, 0.15) is 5.56 Å². The van der Waals surface area contributed by atoms with Crippen LogP contribution >= 0.6 is 27.7 Å². The van der Waals surface area contributed by atoms with E-state index in [-0.39, 0.29) is 0 Å². The lowest BCUT2D eigenvalue weighted by Crippen LogP contribution is -1.88. The molecular weight excluding hydrogens is 282 g/mol. The van der Waals surface area contributed by atoms with Crippen LogP contribution < -0.4 is 5.73 Å². The fourth-order valence-corrected chi connectivity index (χ4v) is 2.53. The summed E-state index contributed by atoms with van der Waals surface area (Å²) in [5, 5.41) is 0. The van der Waals surface area contributed by atoms with Crippen molar-refractivity contribution < 1.29 is 0 Å². The molecule has 0 fully saturated rings. The molecule has 0 saturated carbocycles. The maximum Gasteiger partial charge on any atom is 0.0344 e. The summed E-state index contributed by atoms with van der Waals surface area (Å²) in [5.41, 5.74) is 7.76. The molecule has 2 aromatic carbocycles. The first-order valence-corrected chi connectivity index (χ1v) is 6.55. The molecule has 0 aliphatic heterocycles. The normalized spacial score (nSPS) is 10.4. The van der Waals surface area contributed by atoms with E-state index in [9.17, 15) is 0 Å². The van der Waals surface area contributed by atoms with Crippen LogP contribution in [0, 0.1) is 6.92 Å². The molecule has 82 valence electrons. The summed E-state index contributed by atoms with van der Waals surface area (Å²) >= 11 is 5.17. The Labute approximate surface area is 108 Å². The minimum Gasteiger partial charge on any atom is -0.399 e. The van der Waals surface area contributed by atoms with Crippen molar-refractivity contribution in [2.75, 3.05) is 5.73 Å². The van der Waals surface area contributed by atoms with Gasteiger partial charge in [-0.15, -0.1) is 0 Å². The molecule has 2 N–H and O–H groups in total. The lowest BCUT2D eigenvalue weighted by atomic mass is 10.2. The molecule has 2 aromatic rings. The summed E-state index contributed by atoms with van der Waals surface area (Å²) < 4.78 is 1.10. The van der Waals surface area contributed by atoms with Gasteiger partial charge in [0.15, 0.2) is 0 Å². The summed E-state index contributed by atoms with van der Waals surface area (Å²) in [5.74, 6) is 0. The number of rotatable bonds is 2. The largest absolute Gasteiger partial charge is 0.399 e. The lowest BCUT2D eigenvalue weighted by molar-refractivity contribution is 1.35. The minimum atomic E-state index is 0.847. The summed E-state index contributed by atoms with van der Waals surface area (Å²) in [4.78, 5) is 2.45. The van der Waals surface area contributed by atoms with Crippen molar-refractivity contribution in [2.24, 2.45) is 0 Å². The Hall–Kier alpha value is -0.930. The summed E-state index contributed by atoms with van der Waals surface area (Å²) in [6.45, 7) is 2.03. The van der Waals surface area contributed by atoms with E-state index in [1.165, 1.54) is 9.79 Å². The third-order valence-corrected chi connectivity index (χ3v) is 3.82. The number of benzene rings is 2. The van der Waals surface area contributed by atoms with E-state index in [1.54, 1.807) is 11.8 Å². The van der Waals surface area contributed by atoms with Crippen LogP contribution in [0.15, 0.2) is 56.7 Å². The summed E-state index contributed by atoms with van der Waals surface area (Å²) in [6, 6.07) is 14.4. The molecule has 16 heavy (non-hydrogen) atoms. The minimum absolute atomic E-state index is 0.847. The van der Waals surface area contributed by atoms with Gasteiger partial charge in [0, 0.05) is 20.0 Å². The molecule has 1 nitrogen and oxygen atoms in total. The van der Waals surface area contributed by atoms with E-state index in [4.69, 9.17) is 5.73 Å². The van der Waals surface area contributed by atoms with Crippen molar-refractivity contribution in [1.82, 2.24) is 0 Å². The number of halogens is 1. The van der Waals surface area contributed by atoms with Crippen LogP contribution in [0.3, 0.4) is 0 Å². The van der Waals surface area contributed by atoms with Crippen LogP contribution in [0.25, 0.3) is 0 Å². The average molecular weight is 294 g/mol. The predicted molar refractivity (Wildman–Crippen MR) is 73.9 cm³/mol. The van der Waals surface area contributed by atoms with Crippen molar-refractivity contribution in [1.29, 1.82) is 0 Å². The Kier molecular flexibility index (Phi) is 3.56.